The number of carbonyl (C=O) groups excluding carboxylic acids is 1. The van der Waals surface area contributed by atoms with Crippen molar-refractivity contribution in [2.75, 3.05) is 0 Å². The number of nitrogens with one attached hydrogen (secondary N) is 1. The summed E-state index contributed by atoms with van der Waals surface area (Å²) in [6.07, 6.45) is 4.53. The van der Waals surface area contributed by atoms with E-state index in [1.807, 2.05) is 6.07 Å². The van der Waals surface area contributed by atoms with Crippen molar-refractivity contribution >= 4 is 32.7 Å². The van der Waals surface area contributed by atoms with Crippen molar-refractivity contribution in [3.8, 4) is 0 Å². The van der Waals surface area contributed by atoms with Gasteiger partial charge >= 0.3 is 0 Å². The van der Waals surface area contributed by atoms with Gasteiger partial charge in [0.15, 0.2) is 5.78 Å². The molecule has 3 nitrogen and oxygen atoms in total. The maximum atomic E-state index is 12.1. The van der Waals surface area contributed by atoms with Crippen LogP contribution in [0.2, 0.25) is 0 Å². The molecule has 2 heterocycles. The molecule has 0 aromatic carbocycles. The molecule has 1 aliphatic carbocycles. The van der Waals surface area contributed by atoms with Crippen molar-refractivity contribution in [2.45, 2.75) is 13.3 Å². The molecule has 2 aromatic rings. The van der Waals surface area contributed by atoms with Gasteiger partial charge in [0.25, 0.3) is 0 Å². The number of pyridine rings is 1. The van der Waals surface area contributed by atoms with E-state index in [2.05, 4.69) is 32.8 Å². The Hall–Kier alpha value is -1.16. The summed E-state index contributed by atoms with van der Waals surface area (Å²) in [5, 5.41) is 0.915. The van der Waals surface area contributed by atoms with E-state index in [9.17, 15) is 4.79 Å². The summed E-state index contributed by atoms with van der Waals surface area (Å²) in [7, 11) is 0. The van der Waals surface area contributed by atoms with Crippen LogP contribution < -0.4 is 0 Å². The van der Waals surface area contributed by atoms with E-state index in [4.69, 9.17) is 0 Å². The van der Waals surface area contributed by atoms with E-state index >= 15 is 0 Å². The molecular formula is C12H11BrN2O. The van der Waals surface area contributed by atoms with Gasteiger partial charge in [-0.2, -0.15) is 0 Å². The summed E-state index contributed by atoms with van der Waals surface area (Å²) in [5.74, 6) is 1.01. The van der Waals surface area contributed by atoms with Gasteiger partial charge < -0.3 is 4.98 Å². The Morgan fingerprint density at radius 2 is 2.38 bits per heavy atom. The molecule has 0 radical (unpaired) electrons. The van der Waals surface area contributed by atoms with Gasteiger partial charge in [-0.15, -0.1) is 0 Å². The maximum absolute atomic E-state index is 12.1. The minimum absolute atomic E-state index is 0.220. The molecule has 1 fully saturated rings. The van der Waals surface area contributed by atoms with E-state index in [-0.39, 0.29) is 11.7 Å². The second-order valence-electron chi connectivity index (χ2n) is 4.44. The van der Waals surface area contributed by atoms with Gasteiger partial charge in [0.1, 0.15) is 5.65 Å². The number of Topliss-reactive ketones (excluding diaryl/α,β-unsaturated/α-hetero) is 1. The lowest BCUT2D eigenvalue weighted by molar-refractivity contribution is 0.0964. The molecule has 0 saturated heterocycles. The predicted octanol–water partition coefficient (Wildman–Crippen LogP) is 3.16. The lowest BCUT2D eigenvalue weighted by Gasteiger charge is -1.97. The Morgan fingerprint density at radius 3 is 3.06 bits per heavy atom. The van der Waals surface area contributed by atoms with Crippen LogP contribution in [-0.4, -0.2) is 15.8 Å². The maximum Gasteiger partial charge on any atom is 0.168 e. The molecule has 0 amide bonds. The minimum Gasteiger partial charge on any atom is -0.345 e. The normalized spacial score (nSPS) is 23.6. The summed E-state index contributed by atoms with van der Waals surface area (Å²) in [6.45, 7) is 2.12. The fourth-order valence-corrected chi connectivity index (χ4v) is 2.40. The fraction of sp³-hybridized carbons (Fsp3) is 0.333. The van der Waals surface area contributed by atoms with Gasteiger partial charge in [-0.05, 0) is 34.3 Å². The number of hydrogen-bond acceptors (Lipinski definition) is 2. The third-order valence-electron chi connectivity index (χ3n) is 3.21. The van der Waals surface area contributed by atoms with Crippen LogP contribution >= 0.6 is 15.9 Å². The van der Waals surface area contributed by atoms with Crippen molar-refractivity contribution in [3.05, 3.63) is 28.5 Å². The summed E-state index contributed by atoms with van der Waals surface area (Å²) >= 11 is 3.38. The number of hydrogen-bond donors (Lipinski definition) is 1. The molecule has 0 spiro atoms. The average Bonchev–Trinajstić information content (AvgIpc) is 2.85. The first-order valence-electron chi connectivity index (χ1n) is 5.33. The number of fused-ring (bicyclic) bond motifs is 1. The Labute approximate surface area is 101 Å². The van der Waals surface area contributed by atoms with Crippen LogP contribution in [0.1, 0.15) is 23.7 Å². The number of nitrogens with zero attached hydrogens (tertiary/aromatic N) is 1. The number of halogens is 1. The molecule has 4 heteroatoms. The van der Waals surface area contributed by atoms with Crippen molar-refractivity contribution < 1.29 is 4.79 Å². The van der Waals surface area contributed by atoms with Crippen LogP contribution in [-0.2, 0) is 0 Å². The SMILES string of the molecule is CC1CC1C(=O)c1c[nH]c2ncc(Br)cc12. The van der Waals surface area contributed by atoms with E-state index in [0.29, 0.717) is 5.92 Å². The largest absolute Gasteiger partial charge is 0.345 e. The highest BCUT2D eigenvalue weighted by Crippen LogP contribution is 2.41. The molecule has 1 saturated carbocycles. The van der Waals surface area contributed by atoms with Crippen molar-refractivity contribution in [3.63, 3.8) is 0 Å². The zero-order chi connectivity index (χ0) is 11.3. The molecule has 16 heavy (non-hydrogen) atoms. The van der Waals surface area contributed by atoms with Crippen LogP contribution in [0.25, 0.3) is 11.0 Å². The minimum atomic E-state index is 0.220. The Morgan fingerprint density at radius 1 is 1.62 bits per heavy atom. The first-order valence-corrected chi connectivity index (χ1v) is 6.13. The Bertz CT molecular complexity index is 575. The van der Waals surface area contributed by atoms with Crippen molar-refractivity contribution in [1.29, 1.82) is 0 Å². The van der Waals surface area contributed by atoms with E-state index in [1.165, 1.54) is 0 Å². The first-order chi connectivity index (χ1) is 7.66. The number of aromatic amines is 1. The lowest BCUT2D eigenvalue weighted by atomic mass is 10.1. The second-order valence-corrected chi connectivity index (χ2v) is 5.35. The number of H-pyrrole nitrogens is 1. The lowest BCUT2D eigenvalue weighted by Crippen LogP contribution is -2.01. The third-order valence-corrected chi connectivity index (χ3v) is 3.64. The van der Waals surface area contributed by atoms with Crippen molar-refractivity contribution in [2.24, 2.45) is 11.8 Å². The molecule has 2 atom stereocenters. The zero-order valence-electron chi connectivity index (χ0n) is 8.83. The second kappa shape index (κ2) is 3.42. The zero-order valence-corrected chi connectivity index (χ0v) is 10.4. The quantitative estimate of drug-likeness (QED) is 0.858. The molecule has 1 N–H and O–H groups in total. The summed E-state index contributed by atoms with van der Waals surface area (Å²) in [4.78, 5) is 19.4. The molecule has 2 aromatic heterocycles. The molecule has 3 rings (SSSR count). The van der Waals surface area contributed by atoms with Crippen LogP contribution in [0, 0.1) is 11.8 Å². The number of rotatable bonds is 2. The van der Waals surface area contributed by atoms with Crippen LogP contribution in [0.3, 0.4) is 0 Å². The summed E-state index contributed by atoms with van der Waals surface area (Å²) in [5.41, 5.74) is 1.55. The number of carbonyl (C=O) groups is 1. The predicted molar refractivity (Wildman–Crippen MR) is 65.4 cm³/mol. The van der Waals surface area contributed by atoms with Crippen LogP contribution in [0.15, 0.2) is 22.9 Å². The first kappa shape index (κ1) is 10.0. The molecular weight excluding hydrogens is 268 g/mol. The molecule has 1 aliphatic rings. The Kier molecular flexibility index (Phi) is 2.14. The van der Waals surface area contributed by atoms with Gasteiger partial charge in [0, 0.05) is 33.7 Å². The highest BCUT2D eigenvalue weighted by atomic mass is 79.9. The van der Waals surface area contributed by atoms with Gasteiger partial charge in [-0.1, -0.05) is 6.92 Å². The van der Waals surface area contributed by atoms with Crippen molar-refractivity contribution in [1.82, 2.24) is 9.97 Å². The fourth-order valence-electron chi connectivity index (χ4n) is 2.07. The standard InChI is InChI=1S/C12H11BrN2O/c1-6-2-8(6)11(16)10-5-15-12-9(10)3-7(13)4-14-12/h3-6,8H,2H2,1H3,(H,14,15). The number of aromatic nitrogens is 2. The van der Waals surface area contributed by atoms with E-state index < -0.39 is 0 Å². The average molecular weight is 279 g/mol. The highest BCUT2D eigenvalue weighted by molar-refractivity contribution is 9.10. The summed E-state index contributed by atoms with van der Waals surface area (Å²) < 4.78 is 0.900. The molecule has 0 aliphatic heterocycles. The molecule has 2 unspecified atom stereocenters. The topological polar surface area (TPSA) is 45.8 Å². The molecule has 0 bridgehead atoms. The van der Waals surface area contributed by atoms with Gasteiger partial charge in [0.05, 0.1) is 0 Å². The van der Waals surface area contributed by atoms with Gasteiger partial charge in [-0.25, -0.2) is 4.98 Å². The number of ketones is 1. The Balaban J connectivity index is 2.09. The molecule has 82 valence electrons. The van der Waals surface area contributed by atoms with E-state index in [0.717, 1.165) is 27.5 Å². The monoisotopic (exact) mass is 278 g/mol. The summed E-state index contributed by atoms with van der Waals surface area (Å²) in [6, 6.07) is 1.94. The van der Waals surface area contributed by atoms with Gasteiger partial charge in [-0.3, -0.25) is 4.79 Å². The van der Waals surface area contributed by atoms with Gasteiger partial charge in [0.2, 0.25) is 0 Å². The smallest absolute Gasteiger partial charge is 0.168 e. The van der Waals surface area contributed by atoms with Crippen LogP contribution in [0.4, 0.5) is 0 Å². The third kappa shape index (κ3) is 1.48. The van der Waals surface area contributed by atoms with E-state index in [1.54, 1.807) is 12.4 Å². The van der Waals surface area contributed by atoms with Crippen LogP contribution in [0.5, 0.6) is 0 Å². The highest BCUT2D eigenvalue weighted by Gasteiger charge is 2.40.